The molecule has 0 radical (unpaired) electrons. The van der Waals surface area contributed by atoms with Crippen LogP contribution in [0.3, 0.4) is 0 Å². The van der Waals surface area contributed by atoms with Gasteiger partial charge in [0.25, 0.3) is 0 Å². The Morgan fingerprint density at radius 2 is 2.08 bits per heavy atom. The number of phenolic OH excluding ortho intramolecular Hbond substituents is 1. The smallest absolute Gasteiger partial charge is 0.388 e. The average Bonchev–Trinajstić information content (AvgIpc) is 2.01. The molecular weight excluding hydrogens is 196 g/mol. The fourth-order valence-corrected chi connectivity index (χ4v) is 1.33. The molecule has 0 fully saturated rings. The van der Waals surface area contributed by atoms with Crippen molar-refractivity contribution in [2.45, 2.75) is 4.90 Å². The fraction of sp³-hybridized carbons (Fsp3) is 0. The van der Waals surface area contributed by atoms with Crippen molar-refractivity contribution in [2.75, 3.05) is 0 Å². The summed E-state index contributed by atoms with van der Waals surface area (Å²) in [6.45, 7) is 0. The lowest BCUT2D eigenvalue weighted by atomic mass is 10.3. The Hall–Kier alpha value is -1.65. The van der Waals surface area contributed by atoms with E-state index in [-0.39, 0.29) is 5.69 Å². The van der Waals surface area contributed by atoms with Gasteiger partial charge in [-0.25, -0.2) is 8.42 Å². The predicted molar refractivity (Wildman–Crippen MR) is 40.8 cm³/mol. The Morgan fingerprint density at radius 3 is 2.46 bits per heavy atom. The molecule has 1 rings (SSSR count). The third kappa shape index (κ3) is 1.93. The third-order valence-corrected chi connectivity index (χ3v) is 2.21. The zero-order valence-electron chi connectivity index (χ0n) is 6.21. The van der Waals surface area contributed by atoms with Crippen molar-refractivity contribution in [3.63, 3.8) is 0 Å². The Kier molecular flexibility index (Phi) is 2.18. The van der Waals surface area contributed by atoms with E-state index in [2.05, 4.69) is 4.98 Å². The quantitative estimate of drug-likeness (QED) is 0.532. The van der Waals surface area contributed by atoms with Gasteiger partial charge < -0.3 is 9.66 Å². The molecule has 1 N–H and O–H groups in total. The molecule has 0 aliphatic heterocycles. The van der Waals surface area contributed by atoms with E-state index in [4.69, 9.17) is 10.5 Å². The van der Waals surface area contributed by atoms with E-state index in [1.54, 1.807) is 0 Å². The predicted octanol–water partition coefficient (Wildman–Crippen LogP) is 0.781. The maximum atomic E-state index is 10.4. The van der Waals surface area contributed by atoms with Gasteiger partial charge in [0.1, 0.15) is 15.9 Å². The minimum Gasteiger partial charge on any atom is -0.744 e. The van der Waals surface area contributed by atoms with Gasteiger partial charge in [-0.05, 0) is 6.07 Å². The maximum absolute atomic E-state index is 10.4. The molecule has 13 heavy (non-hydrogen) atoms. The van der Waals surface area contributed by atoms with Crippen LogP contribution in [0.25, 0.3) is 4.98 Å². The second-order valence-electron chi connectivity index (χ2n) is 2.21. The summed E-state index contributed by atoms with van der Waals surface area (Å²) in [6, 6.07) is 2.82. The van der Waals surface area contributed by atoms with Crippen LogP contribution >= 0.6 is 0 Å². The number of hydrogen-bond acceptors (Lipinski definition) is 5. The van der Waals surface area contributed by atoms with Gasteiger partial charge in [0.2, 0.25) is 5.39 Å². The number of diazo groups is 1. The Morgan fingerprint density at radius 1 is 1.46 bits per heavy atom. The van der Waals surface area contributed by atoms with Gasteiger partial charge in [-0.3, -0.25) is 0 Å². The van der Waals surface area contributed by atoms with Gasteiger partial charge in [-0.15, -0.1) is 0 Å². The van der Waals surface area contributed by atoms with Crippen molar-refractivity contribution in [2.24, 2.45) is 0 Å². The molecule has 0 spiro atoms. The van der Waals surface area contributed by atoms with Crippen molar-refractivity contribution in [3.8, 4) is 5.75 Å². The number of hydrogen-bond donors (Lipinski definition) is 1. The van der Waals surface area contributed by atoms with Crippen molar-refractivity contribution in [1.82, 2.24) is 0 Å². The molecule has 1 aromatic rings. The van der Waals surface area contributed by atoms with E-state index in [1.807, 2.05) is 0 Å². The highest BCUT2D eigenvalue weighted by Gasteiger charge is 2.13. The van der Waals surface area contributed by atoms with Crippen molar-refractivity contribution >= 4 is 15.8 Å². The molecule has 68 valence electrons. The van der Waals surface area contributed by atoms with Crippen molar-refractivity contribution < 1.29 is 18.1 Å². The van der Waals surface area contributed by atoms with Gasteiger partial charge in [0.05, 0.1) is 11.0 Å². The summed E-state index contributed by atoms with van der Waals surface area (Å²) in [7, 11) is -4.68. The zero-order valence-corrected chi connectivity index (χ0v) is 7.02. The number of aromatic hydroxyl groups is 1. The van der Waals surface area contributed by atoms with E-state index in [9.17, 15) is 13.0 Å². The van der Waals surface area contributed by atoms with Crippen LogP contribution in [0.2, 0.25) is 0 Å². The molecule has 0 saturated carbocycles. The van der Waals surface area contributed by atoms with Gasteiger partial charge in [0, 0.05) is 6.07 Å². The van der Waals surface area contributed by atoms with E-state index in [0.717, 1.165) is 18.2 Å². The summed E-state index contributed by atoms with van der Waals surface area (Å²) in [5.74, 6) is -0.731. The average molecular weight is 200 g/mol. The van der Waals surface area contributed by atoms with E-state index in [1.165, 1.54) is 0 Å². The van der Waals surface area contributed by atoms with Crippen LogP contribution in [-0.2, 0) is 10.1 Å². The summed E-state index contributed by atoms with van der Waals surface area (Å²) in [4.78, 5) is 1.96. The van der Waals surface area contributed by atoms with Crippen LogP contribution < -0.4 is 0 Å². The summed E-state index contributed by atoms with van der Waals surface area (Å²) < 4.78 is 31.3. The summed E-state index contributed by atoms with van der Waals surface area (Å²) in [5, 5.41) is 17.2. The van der Waals surface area contributed by atoms with Gasteiger partial charge in [-0.2, -0.15) is 0 Å². The van der Waals surface area contributed by atoms with Gasteiger partial charge >= 0.3 is 5.69 Å². The first-order valence-electron chi connectivity index (χ1n) is 3.09. The molecule has 0 amide bonds. The number of rotatable bonds is 1. The molecule has 0 heterocycles. The van der Waals surface area contributed by atoms with E-state index < -0.39 is 20.8 Å². The van der Waals surface area contributed by atoms with Crippen molar-refractivity contribution in [3.05, 3.63) is 23.2 Å². The largest absolute Gasteiger partial charge is 0.744 e. The normalized spacial score (nSPS) is 10.8. The summed E-state index contributed by atoms with van der Waals surface area (Å²) >= 11 is 0. The molecule has 0 aliphatic rings. The molecule has 0 bridgehead atoms. The first-order valence-corrected chi connectivity index (χ1v) is 4.50. The Bertz CT molecular complexity index is 474. The molecule has 1 aromatic carbocycles. The minimum atomic E-state index is -4.68. The van der Waals surface area contributed by atoms with Crippen LogP contribution in [0.4, 0.5) is 5.69 Å². The topological polar surface area (TPSA) is 106 Å². The fourth-order valence-electron chi connectivity index (χ4n) is 0.779. The first kappa shape index (κ1) is 9.44. The number of benzene rings is 1. The molecule has 6 nitrogen and oxygen atoms in total. The van der Waals surface area contributed by atoms with Gasteiger partial charge in [0.15, 0.2) is 4.98 Å². The van der Waals surface area contributed by atoms with E-state index >= 15 is 0 Å². The Labute approximate surface area is 73.8 Å². The molecule has 7 heteroatoms. The van der Waals surface area contributed by atoms with Gasteiger partial charge in [-0.1, -0.05) is 0 Å². The molecule has 0 saturated heterocycles. The molecule has 0 unspecified atom stereocenters. The van der Waals surface area contributed by atoms with Crippen LogP contribution in [0.1, 0.15) is 0 Å². The van der Waals surface area contributed by atoms with Crippen LogP contribution in [0, 0.1) is 5.39 Å². The monoisotopic (exact) mass is 200 g/mol. The molecule has 0 aliphatic carbocycles. The van der Waals surface area contributed by atoms with Crippen LogP contribution in [-0.4, -0.2) is 18.1 Å². The second kappa shape index (κ2) is 3.01. The number of nitrogens with zero attached hydrogens (tertiary/aromatic N) is 2. The van der Waals surface area contributed by atoms with Crippen molar-refractivity contribution in [1.29, 1.82) is 5.39 Å². The summed E-state index contributed by atoms with van der Waals surface area (Å²) in [5.41, 5.74) is -0.0371. The standard InChI is InChI=1S/C6H4N2O4S/c7-8-4-1-2-6(5(9)3-4)13(10,11)12/h1-3H,(H-,9,10,11,12). The third-order valence-electron chi connectivity index (χ3n) is 1.33. The number of phenols is 1. The highest BCUT2D eigenvalue weighted by atomic mass is 32.2. The molecular formula is C6H4N2O4S. The lowest BCUT2D eigenvalue weighted by Gasteiger charge is -2.06. The van der Waals surface area contributed by atoms with Crippen LogP contribution in [0.5, 0.6) is 5.75 Å². The lowest BCUT2D eigenvalue weighted by Crippen LogP contribution is -1.98. The highest BCUT2D eigenvalue weighted by molar-refractivity contribution is 7.85. The summed E-state index contributed by atoms with van der Waals surface area (Å²) in [6.07, 6.45) is 0. The van der Waals surface area contributed by atoms with Crippen LogP contribution in [0.15, 0.2) is 23.1 Å². The maximum Gasteiger partial charge on any atom is 0.388 e. The molecule has 0 atom stereocenters. The van der Waals surface area contributed by atoms with E-state index in [0.29, 0.717) is 0 Å². The zero-order chi connectivity index (χ0) is 10.1. The lowest BCUT2D eigenvalue weighted by molar-refractivity contribution is 0.435. The Balaban J connectivity index is 3.40. The highest BCUT2D eigenvalue weighted by Crippen LogP contribution is 2.26. The SMILES string of the molecule is N#[N+]c1ccc(S(=O)(=O)[O-])c(O)c1. The second-order valence-corrected chi connectivity index (χ2v) is 3.55. The molecule has 0 aromatic heterocycles. The first-order chi connectivity index (χ1) is 5.95. The minimum absolute atomic E-state index is 0.0371.